The second-order valence-electron chi connectivity index (χ2n) is 7.14. The van der Waals surface area contributed by atoms with Gasteiger partial charge in [-0.1, -0.05) is 47.0 Å². The van der Waals surface area contributed by atoms with Gasteiger partial charge in [-0.15, -0.1) is 0 Å². The molecule has 1 rings (SSSR count). The Balaban J connectivity index is 0.000000446. The number of hydrogen-bond acceptors (Lipinski definition) is 3. The van der Waals surface area contributed by atoms with Crippen LogP contribution < -0.4 is 4.72 Å². The molecule has 0 aromatic heterocycles. The molecule has 6 heteroatoms. The van der Waals surface area contributed by atoms with E-state index in [-0.39, 0.29) is 6.04 Å². The van der Waals surface area contributed by atoms with Crippen molar-refractivity contribution in [2.45, 2.75) is 91.5 Å². The van der Waals surface area contributed by atoms with Crippen LogP contribution in [0.25, 0.3) is 0 Å². The first-order valence-electron chi connectivity index (χ1n) is 9.90. The molecule has 0 saturated heterocycles. The van der Waals surface area contributed by atoms with Crippen molar-refractivity contribution < 1.29 is 17.5 Å². The molecule has 24 heavy (non-hydrogen) atoms. The van der Waals surface area contributed by atoms with E-state index in [9.17, 15) is 13.0 Å². The molecular formula is C18H40N2O3S. The molecular weight excluding hydrogens is 324 g/mol. The van der Waals surface area contributed by atoms with Crippen LogP contribution in [0.1, 0.15) is 85.5 Å². The molecule has 1 N–H and O–H groups in total. The topological polar surface area (TPSA) is 69.2 Å². The summed E-state index contributed by atoms with van der Waals surface area (Å²) in [6, 6.07) is -0.105. The van der Waals surface area contributed by atoms with E-state index in [1.807, 2.05) is 0 Å². The molecule has 0 amide bonds. The summed E-state index contributed by atoms with van der Waals surface area (Å²) in [6.07, 6.45) is 10.1. The lowest BCUT2D eigenvalue weighted by atomic mass is 9.96. The normalized spacial score (nSPS) is 16.5. The number of nitrogens with zero attached hydrogens (tertiary/aromatic N) is 1. The van der Waals surface area contributed by atoms with Crippen molar-refractivity contribution in [3.05, 3.63) is 0 Å². The zero-order chi connectivity index (χ0) is 18.5. The Hall–Kier alpha value is -0.170. The second-order valence-corrected chi connectivity index (χ2v) is 8.29. The molecule has 1 saturated carbocycles. The van der Waals surface area contributed by atoms with E-state index in [1.54, 1.807) is 0 Å². The van der Waals surface area contributed by atoms with E-state index in [1.165, 1.54) is 56.3 Å². The number of nitrogens with one attached hydrogen (secondary N) is 1. The van der Waals surface area contributed by atoms with Gasteiger partial charge in [0.1, 0.15) is 0 Å². The predicted molar refractivity (Wildman–Crippen MR) is 101 cm³/mol. The van der Waals surface area contributed by atoms with Crippen molar-refractivity contribution in [1.29, 1.82) is 0 Å². The van der Waals surface area contributed by atoms with E-state index in [2.05, 4.69) is 32.4 Å². The SMILES string of the molecule is CCC[N+](CCC)(CCC)CCC.O=S(=O)([O-])NC1CCCCC1. The van der Waals surface area contributed by atoms with Crippen molar-refractivity contribution in [2.24, 2.45) is 0 Å². The summed E-state index contributed by atoms with van der Waals surface area (Å²) in [7, 11) is -4.22. The van der Waals surface area contributed by atoms with Crippen molar-refractivity contribution in [3.8, 4) is 0 Å². The van der Waals surface area contributed by atoms with Gasteiger partial charge in [-0.3, -0.25) is 0 Å². The van der Waals surface area contributed by atoms with Crippen molar-refractivity contribution in [3.63, 3.8) is 0 Å². The summed E-state index contributed by atoms with van der Waals surface area (Å²) < 4.78 is 34.1. The molecule has 0 aromatic carbocycles. The van der Waals surface area contributed by atoms with Gasteiger partial charge in [0.15, 0.2) is 10.3 Å². The molecule has 0 atom stereocenters. The van der Waals surface area contributed by atoms with Crippen molar-refractivity contribution in [1.82, 2.24) is 4.72 Å². The van der Waals surface area contributed by atoms with Crippen LogP contribution in [0.5, 0.6) is 0 Å². The molecule has 5 nitrogen and oxygen atoms in total. The van der Waals surface area contributed by atoms with Crippen LogP contribution in [0.3, 0.4) is 0 Å². The molecule has 0 heterocycles. The van der Waals surface area contributed by atoms with Gasteiger partial charge in [0.25, 0.3) is 0 Å². The van der Waals surface area contributed by atoms with Gasteiger partial charge in [0, 0.05) is 6.04 Å². The van der Waals surface area contributed by atoms with Crippen LogP contribution >= 0.6 is 0 Å². The standard InChI is InChI=1S/C12H28N.C6H13NO3S/c1-5-9-13(10-6-2,11-7-3)12-8-4;8-11(9,10)7-6-4-2-1-3-5-6/h5-12H2,1-4H3;6-7H,1-5H2,(H,8,9,10)/q+1;/p-1. The first-order chi connectivity index (χ1) is 11.3. The molecule has 0 spiro atoms. The lowest BCUT2D eigenvalue weighted by Crippen LogP contribution is -2.50. The summed E-state index contributed by atoms with van der Waals surface area (Å²) in [4.78, 5) is 0. The first-order valence-corrected chi connectivity index (χ1v) is 11.3. The van der Waals surface area contributed by atoms with E-state index < -0.39 is 10.3 Å². The maximum Gasteiger partial charge on any atom is 0.159 e. The van der Waals surface area contributed by atoms with Gasteiger partial charge >= 0.3 is 0 Å². The average molecular weight is 365 g/mol. The Morgan fingerprint density at radius 1 is 0.833 bits per heavy atom. The highest BCUT2D eigenvalue weighted by Gasteiger charge is 2.22. The zero-order valence-electron chi connectivity index (χ0n) is 16.3. The van der Waals surface area contributed by atoms with E-state index in [4.69, 9.17) is 0 Å². The third kappa shape index (κ3) is 11.4. The summed E-state index contributed by atoms with van der Waals surface area (Å²) in [5.74, 6) is 0. The number of hydrogen-bond donors (Lipinski definition) is 1. The molecule has 146 valence electrons. The van der Waals surface area contributed by atoms with Gasteiger partial charge in [-0.25, -0.2) is 13.1 Å². The van der Waals surface area contributed by atoms with Crippen LogP contribution in [-0.2, 0) is 10.3 Å². The summed E-state index contributed by atoms with van der Waals surface area (Å²) in [6.45, 7) is 14.8. The Labute approximate surface area is 150 Å². The maximum atomic E-state index is 10.2. The molecule has 0 aliphatic heterocycles. The highest BCUT2D eigenvalue weighted by molar-refractivity contribution is 7.83. The molecule has 0 bridgehead atoms. The molecule has 1 aliphatic carbocycles. The van der Waals surface area contributed by atoms with Crippen molar-refractivity contribution >= 4 is 10.3 Å². The smallest absolute Gasteiger partial charge is 0.159 e. The highest BCUT2D eigenvalue weighted by atomic mass is 32.2. The second kappa shape index (κ2) is 13.1. The quantitative estimate of drug-likeness (QED) is 0.473. The van der Waals surface area contributed by atoms with Gasteiger partial charge in [-0.05, 0) is 38.5 Å². The predicted octanol–water partition coefficient (Wildman–Crippen LogP) is 3.81. The maximum absolute atomic E-state index is 10.2. The van der Waals surface area contributed by atoms with E-state index in [0.717, 1.165) is 32.1 Å². The Kier molecular flexibility index (Phi) is 13.0. The molecule has 0 unspecified atom stereocenters. The lowest BCUT2D eigenvalue weighted by Gasteiger charge is -2.38. The van der Waals surface area contributed by atoms with Crippen LogP contribution in [-0.4, -0.2) is 49.7 Å². The molecule has 0 radical (unpaired) electrons. The van der Waals surface area contributed by atoms with Crippen LogP contribution in [0.15, 0.2) is 0 Å². The average Bonchev–Trinajstić information content (AvgIpc) is 2.48. The molecule has 1 aliphatic rings. The van der Waals surface area contributed by atoms with Crippen molar-refractivity contribution in [2.75, 3.05) is 26.2 Å². The third-order valence-electron chi connectivity index (χ3n) is 4.71. The monoisotopic (exact) mass is 364 g/mol. The summed E-state index contributed by atoms with van der Waals surface area (Å²) >= 11 is 0. The summed E-state index contributed by atoms with van der Waals surface area (Å²) in [5, 5.41) is 0. The fraction of sp³-hybridized carbons (Fsp3) is 1.00. The van der Waals surface area contributed by atoms with E-state index >= 15 is 0 Å². The largest absolute Gasteiger partial charge is 0.735 e. The Morgan fingerprint density at radius 3 is 1.50 bits per heavy atom. The minimum absolute atomic E-state index is 0.105. The summed E-state index contributed by atoms with van der Waals surface area (Å²) in [5.41, 5.74) is 0. The fourth-order valence-corrected chi connectivity index (χ4v) is 4.64. The molecule has 1 fully saturated rings. The first kappa shape index (κ1) is 23.8. The lowest BCUT2D eigenvalue weighted by molar-refractivity contribution is -0.928. The van der Waals surface area contributed by atoms with E-state index in [0.29, 0.717) is 0 Å². The van der Waals surface area contributed by atoms with Gasteiger partial charge < -0.3 is 9.04 Å². The van der Waals surface area contributed by atoms with Crippen LogP contribution in [0, 0.1) is 0 Å². The minimum atomic E-state index is -4.22. The zero-order valence-corrected chi connectivity index (χ0v) is 17.2. The Morgan fingerprint density at radius 2 is 1.21 bits per heavy atom. The number of rotatable bonds is 10. The van der Waals surface area contributed by atoms with Gasteiger partial charge in [-0.2, -0.15) is 0 Å². The Bertz CT molecular complexity index is 364. The van der Waals surface area contributed by atoms with Crippen LogP contribution in [0.4, 0.5) is 0 Å². The van der Waals surface area contributed by atoms with Gasteiger partial charge in [0.2, 0.25) is 0 Å². The minimum Gasteiger partial charge on any atom is -0.735 e. The fourth-order valence-electron chi connectivity index (χ4n) is 3.99. The van der Waals surface area contributed by atoms with Gasteiger partial charge in [0.05, 0.1) is 26.2 Å². The highest BCUT2D eigenvalue weighted by Crippen LogP contribution is 2.17. The third-order valence-corrected chi connectivity index (χ3v) is 5.33. The van der Waals surface area contributed by atoms with Crippen LogP contribution in [0.2, 0.25) is 0 Å². The molecule has 0 aromatic rings. The number of quaternary nitrogens is 1.